The van der Waals surface area contributed by atoms with Crippen molar-refractivity contribution in [2.75, 3.05) is 13.6 Å². The number of carbonyl (C=O) groups is 2. The van der Waals surface area contributed by atoms with Gasteiger partial charge in [0.2, 0.25) is 0 Å². The minimum Gasteiger partial charge on any atom is -0.393 e. The predicted molar refractivity (Wildman–Crippen MR) is 91.6 cm³/mol. The van der Waals surface area contributed by atoms with Gasteiger partial charge in [0.25, 0.3) is 0 Å². The van der Waals surface area contributed by atoms with E-state index in [-0.39, 0.29) is 46.1 Å². The standard InChI is InChI=1S/C21H27NO3/c1-10-5-20-8-13(24)17-19(2)6-11(23)7-21(17)14(20)4-12(10)16(25)15(20)18(21)22(3)9-19/h11-12,14-15,17-18,23H,1,4-9H2,2-3H3/t11?,12-,14+,15?,17+,18?,19-,20+,21+/m0/s1. The highest BCUT2D eigenvalue weighted by atomic mass is 16.3. The van der Waals surface area contributed by atoms with E-state index < -0.39 is 0 Å². The zero-order chi connectivity index (χ0) is 17.5. The highest BCUT2D eigenvalue weighted by Gasteiger charge is 2.83. The molecule has 25 heavy (non-hydrogen) atoms. The fourth-order valence-electron chi connectivity index (χ4n) is 9.63. The molecule has 6 bridgehead atoms. The summed E-state index contributed by atoms with van der Waals surface area (Å²) in [5.41, 5.74) is 0.529. The molecule has 0 amide bonds. The molecule has 7 rings (SSSR count). The Bertz CT molecular complexity index is 760. The van der Waals surface area contributed by atoms with Crippen LogP contribution in [0.1, 0.15) is 39.0 Å². The summed E-state index contributed by atoms with van der Waals surface area (Å²) in [4.78, 5) is 29.3. The average molecular weight is 341 g/mol. The number of rotatable bonds is 0. The Morgan fingerprint density at radius 1 is 1.24 bits per heavy atom. The minimum atomic E-state index is -0.336. The Labute approximate surface area is 148 Å². The van der Waals surface area contributed by atoms with E-state index in [0.29, 0.717) is 30.3 Å². The molecule has 6 aliphatic carbocycles. The van der Waals surface area contributed by atoms with Crippen molar-refractivity contribution >= 4 is 11.6 Å². The number of likely N-dealkylation sites (tertiary alicyclic amines) is 1. The molecule has 4 nitrogen and oxygen atoms in total. The number of carbonyl (C=O) groups excluding carboxylic acids is 2. The number of Topliss-reactive ketones (excluding diaryl/α,β-unsaturated/α-hetero) is 2. The second kappa shape index (κ2) is 3.96. The van der Waals surface area contributed by atoms with Gasteiger partial charge in [0, 0.05) is 42.2 Å². The van der Waals surface area contributed by atoms with Gasteiger partial charge in [-0.1, -0.05) is 19.1 Å². The zero-order valence-electron chi connectivity index (χ0n) is 15.1. The number of aliphatic hydroxyl groups is 1. The van der Waals surface area contributed by atoms with Crippen LogP contribution in [0.2, 0.25) is 0 Å². The third-order valence-electron chi connectivity index (χ3n) is 9.44. The minimum absolute atomic E-state index is 0.00410. The van der Waals surface area contributed by atoms with Crippen LogP contribution in [0.15, 0.2) is 12.2 Å². The van der Waals surface area contributed by atoms with Crippen molar-refractivity contribution in [2.24, 2.45) is 39.9 Å². The van der Waals surface area contributed by atoms with Crippen molar-refractivity contribution in [2.45, 2.75) is 51.2 Å². The van der Waals surface area contributed by atoms with E-state index in [9.17, 15) is 14.7 Å². The van der Waals surface area contributed by atoms with Crippen molar-refractivity contribution in [3.8, 4) is 0 Å². The number of ketones is 2. The molecule has 3 unspecified atom stereocenters. The number of hydrogen-bond acceptors (Lipinski definition) is 4. The van der Waals surface area contributed by atoms with Crippen molar-refractivity contribution in [1.82, 2.24) is 4.90 Å². The first kappa shape index (κ1) is 15.1. The van der Waals surface area contributed by atoms with Crippen LogP contribution in [0.25, 0.3) is 0 Å². The second-order valence-corrected chi connectivity index (χ2v) is 10.6. The Kier molecular flexibility index (Phi) is 2.39. The number of piperidine rings is 1. The summed E-state index contributed by atoms with van der Waals surface area (Å²) < 4.78 is 0. The van der Waals surface area contributed by atoms with E-state index in [2.05, 4.69) is 25.5 Å². The zero-order valence-corrected chi connectivity index (χ0v) is 15.1. The summed E-state index contributed by atoms with van der Waals surface area (Å²) >= 11 is 0. The third kappa shape index (κ3) is 1.31. The van der Waals surface area contributed by atoms with E-state index in [1.54, 1.807) is 0 Å². The molecular formula is C21H27NO3. The van der Waals surface area contributed by atoms with E-state index in [1.807, 2.05) is 0 Å². The van der Waals surface area contributed by atoms with Crippen LogP contribution in [0.5, 0.6) is 0 Å². The topological polar surface area (TPSA) is 57.6 Å². The van der Waals surface area contributed by atoms with Gasteiger partial charge in [0.1, 0.15) is 11.6 Å². The molecule has 9 atom stereocenters. The molecule has 0 aromatic heterocycles. The molecule has 4 heteroatoms. The van der Waals surface area contributed by atoms with Gasteiger partial charge in [-0.25, -0.2) is 0 Å². The SMILES string of the molecule is C=C1C[C@]23CC(=O)[C@@H]4[C@@]5(C)CC(O)C[C@]46C(C2C(=O)[C@H]1C[C@H]36)N(C)C5. The van der Waals surface area contributed by atoms with Crippen LogP contribution < -0.4 is 0 Å². The molecule has 7 fully saturated rings. The summed E-state index contributed by atoms with van der Waals surface area (Å²) in [6.07, 6.45) is 3.40. The van der Waals surface area contributed by atoms with Crippen molar-refractivity contribution in [3.63, 3.8) is 0 Å². The van der Waals surface area contributed by atoms with Crippen LogP contribution >= 0.6 is 0 Å². The summed E-state index contributed by atoms with van der Waals surface area (Å²) in [5, 5.41) is 10.8. The third-order valence-corrected chi connectivity index (χ3v) is 9.44. The number of hydrogen-bond donors (Lipinski definition) is 1. The lowest BCUT2D eigenvalue weighted by atomic mass is 9.39. The number of allylic oxidation sites excluding steroid dienone is 1. The number of aliphatic hydroxyl groups excluding tert-OH is 1. The Hall–Kier alpha value is -1.00. The van der Waals surface area contributed by atoms with Crippen LogP contribution in [-0.4, -0.2) is 47.3 Å². The van der Waals surface area contributed by atoms with Gasteiger partial charge in [-0.05, 0) is 49.5 Å². The van der Waals surface area contributed by atoms with Crippen molar-refractivity contribution in [1.29, 1.82) is 0 Å². The lowest BCUT2D eigenvalue weighted by molar-refractivity contribution is -0.201. The molecule has 0 radical (unpaired) electrons. The van der Waals surface area contributed by atoms with E-state index in [4.69, 9.17) is 0 Å². The van der Waals surface area contributed by atoms with Gasteiger partial charge in [-0.15, -0.1) is 0 Å². The Balaban J connectivity index is 1.67. The van der Waals surface area contributed by atoms with E-state index in [0.717, 1.165) is 31.4 Å². The smallest absolute Gasteiger partial charge is 0.145 e. The summed E-state index contributed by atoms with van der Waals surface area (Å²) in [6, 6.07) is 0.141. The van der Waals surface area contributed by atoms with Crippen LogP contribution in [-0.2, 0) is 9.59 Å². The molecule has 1 aliphatic heterocycles. The van der Waals surface area contributed by atoms with Crippen LogP contribution in [0.3, 0.4) is 0 Å². The Morgan fingerprint density at radius 3 is 2.76 bits per heavy atom. The lowest BCUT2D eigenvalue weighted by Gasteiger charge is -2.66. The van der Waals surface area contributed by atoms with Crippen molar-refractivity contribution in [3.05, 3.63) is 12.2 Å². The maximum atomic E-state index is 13.5. The van der Waals surface area contributed by atoms with Gasteiger partial charge in [-0.3, -0.25) is 9.59 Å². The van der Waals surface area contributed by atoms with Gasteiger partial charge in [0.15, 0.2) is 0 Å². The average Bonchev–Trinajstić information content (AvgIpc) is 2.57. The summed E-state index contributed by atoms with van der Waals surface area (Å²) in [7, 11) is 2.16. The van der Waals surface area contributed by atoms with Gasteiger partial charge < -0.3 is 10.0 Å². The maximum absolute atomic E-state index is 13.5. The molecule has 0 aromatic rings. The first-order valence-corrected chi connectivity index (χ1v) is 9.87. The molecule has 1 N–H and O–H groups in total. The Morgan fingerprint density at radius 2 is 2.00 bits per heavy atom. The molecule has 134 valence electrons. The molecule has 1 saturated heterocycles. The first-order chi connectivity index (χ1) is 11.7. The monoisotopic (exact) mass is 341 g/mol. The largest absolute Gasteiger partial charge is 0.393 e. The number of fused-ring (bicyclic) bond motifs is 1. The fourth-order valence-corrected chi connectivity index (χ4v) is 9.63. The molecule has 1 heterocycles. The van der Waals surface area contributed by atoms with Gasteiger partial charge in [0.05, 0.1) is 6.10 Å². The van der Waals surface area contributed by atoms with Crippen LogP contribution in [0.4, 0.5) is 0 Å². The quantitative estimate of drug-likeness (QED) is 0.683. The van der Waals surface area contributed by atoms with E-state index >= 15 is 0 Å². The highest BCUT2D eigenvalue weighted by molar-refractivity contribution is 5.95. The van der Waals surface area contributed by atoms with Gasteiger partial charge >= 0.3 is 0 Å². The fraction of sp³-hybridized carbons (Fsp3) is 0.810. The first-order valence-electron chi connectivity index (χ1n) is 9.87. The second-order valence-electron chi connectivity index (χ2n) is 10.6. The van der Waals surface area contributed by atoms with Crippen LogP contribution in [0, 0.1) is 39.9 Å². The maximum Gasteiger partial charge on any atom is 0.145 e. The lowest BCUT2D eigenvalue weighted by Crippen LogP contribution is -2.70. The molecule has 6 saturated carbocycles. The molecule has 0 aromatic carbocycles. The molecule has 7 aliphatic rings. The van der Waals surface area contributed by atoms with Gasteiger partial charge in [-0.2, -0.15) is 0 Å². The van der Waals surface area contributed by atoms with E-state index in [1.165, 1.54) is 0 Å². The molecular weight excluding hydrogens is 314 g/mol. The summed E-state index contributed by atoms with van der Waals surface area (Å²) in [5.74, 6) is 1.17. The molecule has 2 spiro atoms. The predicted octanol–water partition coefficient (Wildman–Crippen LogP) is 1.82. The summed E-state index contributed by atoms with van der Waals surface area (Å²) in [6.45, 7) is 7.27. The van der Waals surface area contributed by atoms with Crippen molar-refractivity contribution < 1.29 is 14.7 Å². The number of nitrogens with zero attached hydrogens (tertiary/aromatic N) is 1. The normalized spacial score (nSPS) is 61.8. The highest BCUT2D eigenvalue weighted by Crippen LogP contribution is 2.81.